The number of carbonyl (C=O) groups excluding carboxylic acids is 3. The van der Waals surface area contributed by atoms with Gasteiger partial charge in [-0.15, -0.1) is 0 Å². The first-order chi connectivity index (χ1) is 18.7. The quantitative estimate of drug-likeness (QED) is 0.349. The Morgan fingerprint density at radius 3 is 2.51 bits per heavy atom. The van der Waals surface area contributed by atoms with Gasteiger partial charge in [0.2, 0.25) is 5.91 Å². The summed E-state index contributed by atoms with van der Waals surface area (Å²) >= 11 is 0.771. The van der Waals surface area contributed by atoms with Gasteiger partial charge >= 0.3 is 0 Å². The Morgan fingerprint density at radius 2 is 1.92 bits per heavy atom. The van der Waals surface area contributed by atoms with Crippen LogP contribution in [0.15, 0.2) is 42.5 Å². The summed E-state index contributed by atoms with van der Waals surface area (Å²) in [5, 5.41) is 2.98. The number of rotatable bonds is 10. The van der Waals surface area contributed by atoms with E-state index < -0.39 is 17.9 Å². The van der Waals surface area contributed by atoms with Crippen LogP contribution < -0.4 is 26.4 Å². The van der Waals surface area contributed by atoms with Crippen LogP contribution in [0.2, 0.25) is 0 Å². The molecule has 0 radical (unpaired) electrons. The second kappa shape index (κ2) is 12.3. The molecule has 4 rings (SSSR count). The topological polar surface area (TPSA) is 150 Å². The van der Waals surface area contributed by atoms with Gasteiger partial charge < -0.3 is 26.3 Å². The Balaban J connectivity index is 1.82. The number of nitrogens with one attached hydrogen (secondary N) is 1. The van der Waals surface area contributed by atoms with Crippen molar-refractivity contribution in [3.8, 4) is 5.75 Å². The van der Waals surface area contributed by atoms with Crippen molar-refractivity contribution >= 4 is 40.6 Å². The molecule has 11 heteroatoms. The number of nitrogens with two attached hydrogens (primary N) is 2. The van der Waals surface area contributed by atoms with E-state index in [4.69, 9.17) is 20.9 Å². The normalized spacial score (nSPS) is 15.5. The van der Waals surface area contributed by atoms with Crippen LogP contribution in [-0.4, -0.2) is 48.0 Å². The van der Waals surface area contributed by atoms with E-state index in [1.807, 2.05) is 32.9 Å². The number of primary amides is 1. The Labute approximate surface area is 231 Å². The van der Waals surface area contributed by atoms with Gasteiger partial charge in [0.1, 0.15) is 16.7 Å². The lowest BCUT2D eigenvalue weighted by molar-refractivity contribution is -0.123. The molecule has 2 unspecified atom stereocenters. The van der Waals surface area contributed by atoms with Gasteiger partial charge in [0.25, 0.3) is 11.8 Å². The molecule has 1 fully saturated rings. The van der Waals surface area contributed by atoms with Crippen molar-refractivity contribution in [2.75, 3.05) is 30.4 Å². The Bertz CT molecular complexity index is 1350. The highest BCUT2D eigenvalue weighted by atomic mass is 32.1. The Morgan fingerprint density at radius 1 is 1.18 bits per heavy atom. The van der Waals surface area contributed by atoms with Gasteiger partial charge in [0.15, 0.2) is 5.69 Å². The van der Waals surface area contributed by atoms with Gasteiger partial charge in [-0.25, -0.2) is 0 Å². The average molecular weight is 552 g/mol. The number of hydrogen-bond donors (Lipinski definition) is 3. The van der Waals surface area contributed by atoms with E-state index >= 15 is 0 Å². The SMILES string of the molecule is CCOc1ccc(C(C(=O)NCC2CCCO2)N(C(=O)c2snc(C(N)=O)c2N)c2ccc(C)c(C)c2)cc1. The molecule has 0 aliphatic carbocycles. The highest BCUT2D eigenvalue weighted by Crippen LogP contribution is 2.34. The molecule has 5 N–H and O–H groups in total. The molecule has 1 aliphatic heterocycles. The molecule has 1 aliphatic rings. The largest absolute Gasteiger partial charge is 0.494 e. The second-order valence-corrected chi connectivity index (χ2v) is 10.1. The number of nitrogens with zero attached hydrogens (tertiary/aromatic N) is 2. The second-order valence-electron chi connectivity index (χ2n) is 9.37. The van der Waals surface area contributed by atoms with Crippen LogP contribution in [0.4, 0.5) is 11.4 Å². The van der Waals surface area contributed by atoms with E-state index in [0.29, 0.717) is 36.8 Å². The summed E-state index contributed by atoms with van der Waals surface area (Å²) in [5.41, 5.74) is 14.3. The fourth-order valence-electron chi connectivity index (χ4n) is 4.44. The zero-order chi connectivity index (χ0) is 28.1. The highest BCUT2D eigenvalue weighted by Gasteiger charge is 2.36. The van der Waals surface area contributed by atoms with Crippen molar-refractivity contribution in [2.45, 2.75) is 45.8 Å². The molecular formula is C28H33N5O5S. The van der Waals surface area contributed by atoms with Crippen molar-refractivity contribution < 1.29 is 23.9 Å². The molecule has 1 aromatic heterocycles. The summed E-state index contributed by atoms with van der Waals surface area (Å²) in [6, 6.07) is 11.5. The molecular weight excluding hydrogens is 518 g/mol. The maximum atomic E-state index is 14.2. The highest BCUT2D eigenvalue weighted by molar-refractivity contribution is 7.09. The minimum Gasteiger partial charge on any atom is -0.494 e. The maximum Gasteiger partial charge on any atom is 0.273 e. The first-order valence-electron chi connectivity index (χ1n) is 12.8. The number of amides is 3. The lowest BCUT2D eigenvalue weighted by Gasteiger charge is -2.32. The predicted octanol–water partition coefficient (Wildman–Crippen LogP) is 3.52. The number of hydrogen-bond acceptors (Lipinski definition) is 8. The number of benzene rings is 2. The van der Waals surface area contributed by atoms with Crippen LogP contribution in [0.3, 0.4) is 0 Å². The number of anilines is 2. The molecule has 206 valence electrons. The molecule has 2 atom stereocenters. The lowest BCUT2D eigenvalue weighted by atomic mass is 10.0. The zero-order valence-electron chi connectivity index (χ0n) is 22.2. The molecule has 2 heterocycles. The number of nitrogen functional groups attached to an aromatic ring is 1. The monoisotopic (exact) mass is 551 g/mol. The van der Waals surface area contributed by atoms with E-state index in [1.165, 1.54) is 4.90 Å². The fraction of sp³-hybridized carbons (Fsp3) is 0.357. The van der Waals surface area contributed by atoms with Gasteiger partial charge in [0.05, 0.1) is 18.4 Å². The number of ether oxygens (including phenoxy) is 2. The minimum atomic E-state index is -1.07. The summed E-state index contributed by atoms with van der Waals surface area (Å²) in [4.78, 5) is 41.3. The van der Waals surface area contributed by atoms with Crippen molar-refractivity contribution in [1.29, 1.82) is 0 Å². The average Bonchev–Trinajstić information content (AvgIpc) is 3.58. The van der Waals surface area contributed by atoms with E-state index in [-0.39, 0.29) is 28.3 Å². The summed E-state index contributed by atoms with van der Waals surface area (Å²) in [6.07, 6.45) is 1.69. The van der Waals surface area contributed by atoms with E-state index in [9.17, 15) is 14.4 Å². The van der Waals surface area contributed by atoms with Gasteiger partial charge in [0, 0.05) is 18.8 Å². The molecule has 3 amide bonds. The zero-order valence-corrected chi connectivity index (χ0v) is 23.0. The molecule has 0 spiro atoms. The molecule has 10 nitrogen and oxygen atoms in total. The summed E-state index contributed by atoms with van der Waals surface area (Å²) < 4.78 is 15.3. The van der Waals surface area contributed by atoms with E-state index in [2.05, 4.69) is 9.69 Å². The lowest BCUT2D eigenvalue weighted by Crippen LogP contribution is -2.45. The molecule has 39 heavy (non-hydrogen) atoms. The first kappa shape index (κ1) is 28.1. The third kappa shape index (κ3) is 6.21. The Hall–Kier alpha value is -3.96. The van der Waals surface area contributed by atoms with E-state index in [1.54, 1.807) is 30.3 Å². The summed E-state index contributed by atoms with van der Waals surface area (Å²) in [6.45, 7) is 7.24. The number of aryl methyl sites for hydroxylation is 2. The minimum absolute atomic E-state index is 0.0184. The summed E-state index contributed by atoms with van der Waals surface area (Å²) in [5.74, 6) is -1.16. The van der Waals surface area contributed by atoms with Gasteiger partial charge in [-0.2, -0.15) is 4.37 Å². The van der Waals surface area contributed by atoms with Crippen LogP contribution >= 0.6 is 11.5 Å². The maximum absolute atomic E-state index is 14.2. The van der Waals surface area contributed by atoms with Crippen molar-refractivity contribution in [2.24, 2.45) is 5.73 Å². The van der Waals surface area contributed by atoms with Crippen LogP contribution in [-0.2, 0) is 9.53 Å². The third-order valence-electron chi connectivity index (χ3n) is 6.68. The number of carbonyl (C=O) groups is 3. The van der Waals surface area contributed by atoms with Crippen LogP contribution in [0.5, 0.6) is 5.75 Å². The van der Waals surface area contributed by atoms with Gasteiger partial charge in [-0.3, -0.25) is 19.3 Å². The molecule has 2 aromatic carbocycles. The fourth-order valence-corrected chi connectivity index (χ4v) is 5.19. The molecule has 0 bridgehead atoms. The van der Waals surface area contributed by atoms with Gasteiger partial charge in [-0.1, -0.05) is 18.2 Å². The molecule has 1 saturated heterocycles. The van der Waals surface area contributed by atoms with Crippen molar-refractivity contribution in [1.82, 2.24) is 9.69 Å². The first-order valence-corrected chi connectivity index (χ1v) is 13.6. The van der Waals surface area contributed by atoms with Gasteiger partial charge in [-0.05, 0) is 86.1 Å². The van der Waals surface area contributed by atoms with Crippen LogP contribution in [0.25, 0.3) is 0 Å². The van der Waals surface area contributed by atoms with Crippen molar-refractivity contribution in [3.63, 3.8) is 0 Å². The molecule has 3 aromatic rings. The van der Waals surface area contributed by atoms with Crippen LogP contribution in [0, 0.1) is 13.8 Å². The standard InChI is InChI=1S/C28H33N5O5S/c1-4-37-20-11-8-18(9-12-20)24(27(35)31-15-21-6-5-13-38-21)33(19-10-7-16(2)17(3)14-19)28(36)25-22(29)23(26(30)34)32-39-25/h7-12,14,21,24H,4-6,13,15,29H2,1-3H3,(H2,30,34)(H,31,35). The van der Waals surface area contributed by atoms with Crippen LogP contribution in [0.1, 0.15) is 62.7 Å². The van der Waals surface area contributed by atoms with Crippen molar-refractivity contribution in [3.05, 3.63) is 69.7 Å². The third-order valence-corrected chi connectivity index (χ3v) is 7.54. The number of aromatic nitrogens is 1. The summed E-state index contributed by atoms with van der Waals surface area (Å²) in [7, 11) is 0. The Kier molecular flexibility index (Phi) is 8.82. The molecule has 0 saturated carbocycles. The predicted molar refractivity (Wildman–Crippen MR) is 150 cm³/mol. The van der Waals surface area contributed by atoms with E-state index in [0.717, 1.165) is 35.5 Å². The smallest absolute Gasteiger partial charge is 0.273 e.